The summed E-state index contributed by atoms with van der Waals surface area (Å²) in [5, 5.41) is 0.836. The number of para-hydroxylation sites is 1. The molecule has 3 rings (SSSR count). The number of rotatable bonds is 1. The highest BCUT2D eigenvalue weighted by Crippen LogP contribution is 2.16. The second-order valence-corrected chi connectivity index (χ2v) is 4.32. The molecule has 0 fully saturated rings. The quantitative estimate of drug-likeness (QED) is 0.493. The monoisotopic (exact) mass is 257 g/mol. The predicted molar refractivity (Wildman–Crippen MR) is 79.4 cm³/mol. The Labute approximate surface area is 117 Å². The first-order valence-corrected chi connectivity index (χ1v) is 6.30. The third kappa shape index (κ3) is 2.43. The summed E-state index contributed by atoms with van der Waals surface area (Å²) >= 11 is 0. The molecule has 2 nitrogen and oxygen atoms in total. The van der Waals surface area contributed by atoms with Crippen LogP contribution in [-0.4, -0.2) is 10.8 Å². The lowest BCUT2D eigenvalue weighted by Crippen LogP contribution is -1.97. The number of pyridine rings is 1. The van der Waals surface area contributed by atoms with Crippen molar-refractivity contribution in [2.45, 2.75) is 0 Å². The van der Waals surface area contributed by atoms with Crippen molar-refractivity contribution in [3.05, 3.63) is 78.0 Å². The number of aromatic nitrogens is 1. The molecular weight excluding hydrogens is 246 g/mol. The average molecular weight is 257 g/mol. The van der Waals surface area contributed by atoms with Gasteiger partial charge in [0.1, 0.15) is 0 Å². The number of Topliss-reactive ketones (excluding diaryl/α,β-unsaturated/α-hetero) is 1. The molecule has 0 atom stereocenters. The molecule has 0 aliphatic heterocycles. The SMILES string of the molecule is O=C(C#Cc1ccccc1)c1ccnc2ccccc12. The number of ketones is 1. The number of carbonyl (C=O) groups excluding carboxylic acids is 1. The highest BCUT2D eigenvalue weighted by Gasteiger charge is 2.07. The minimum absolute atomic E-state index is 0.188. The molecule has 0 aliphatic rings. The van der Waals surface area contributed by atoms with Crippen LogP contribution >= 0.6 is 0 Å². The normalized spacial score (nSPS) is 9.80. The van der Waals surface area contributed by atoms with Crippen molar-refractivity contribution in [3.63, 3.8) is 0 Å². The van der Waals surface area contributed by atoms with Gasteiger partial charge in [-0.15, -0.1) is 0 Å². The molecule has 0 saturated heterocycles. The third-order valence-electron chi connectivity index (χ3n) is 2.99. The highest BCUT2D eigenvalue weighted by atomic mass is 16.1. The van der Waals surface area contributed by atoms with Crippen LogP contribution < -0.4 is 0 Å². The van der Waals surface area contributed by atoms with Gasteiger partial charge in [-0.25, -0.2) is 0 Å². The standard InChI is InChI=1S/C18H11NO/c20-18(11-10-14-6-2-1-3-7-14)16-12-13-19-17-9-5-4-8-15(16)17/h1-9,12-13H. The zero-order valence-corrected chi connectivity index (χ0v) is 10.7. The second kappa shape index (κ2) is 5.38. The molecular formula is C18H11NO. The number of hydrogen-bond acceptors (Lipinski definition) is 2. The fraction of sp³-hybridized carbons (Fsp3) is 0. The molecule has 3 aromatic rings. The molecule has 94 valence electrons. The van der Waals surface area contributed by atoms with Crippen LogP contribution in [0.1, 0.15) is 15.9 Å². The minimum Gasteiger partial charge on any atom is -0.279 e. The summed E-state index contributed by atoms with van der Waals surface area (Å²) in [7, 11) is 0. The van der Waals surface area contributed by atoms with Gasteiger partial charge in [0, 0.05) is 22.7 Å². The van der Waals surface area contributed by atoms with Crippen molar-refractivity contribution in [1.82, 2.24) is 4.98 Å². The van der Waals surface area contributed by atoms with Gasteiger partial charge in [-0.2, -0.15) is 0 Å². The lowest BCUT2D eigenvalue weighted by molar-refractivity contribution is 0.105. The Bertz CT molecular complexity index is 821. The maximum Gasteiger partial charge on any atom is 0.236 e. The van der Waals surface area contributed by atoms with Crippen molar-refractivity contribution in [1.29, 1.82) is 0 Å². The molecule has 0 unspecified atom stereocenters. The van der Waals surface area contributed by atoms with E-state index in [1.165, 1.54) is 0 Å². The molecule has 0 spiro atoms. The van der Waals surface area contributed by atoms with E-state index in [1.54, 1.807) is 12.3 Å². The van der Waals surface area contributed by atoms with E-state index in [0.29, 0.717) is 5.56 Å². The molecule has 0 saturated carbocycles. The Balaban J connectivity index is 2.00. The van der Waals surface area contributed by atoms with Crippen molar-refractivity contribution >= 4 is 16.7 Å². The Morgan fingerprint density at radius 2 is 1.65 bits per heavy atom. The zero-order chi connectivity index (χ0) is 13.8. The summed E-state index contributed by atoms with van der Waals surface area (Å²) in [6, 6.07) is 18.8. The molecule has 0 aliphatic carbocycles. The molecule has 0 N–H and O–H groups in total. The van der Waals surface area contributed by atoms with E-state index in [2.05, 4.69) is 16.8 Å². The third-order valence-corrected chi connectivity index (χ3v) is 2.99. The summed E-state index contributed by atoms with van der Waals surface area (Å²) in [4.78, 5) is 16.5. The van der Waals surface area contributed by atoms with E-state index in [-0.39, 0.29) is 5.78 Å². The van der Waals surface area contributed by atoms with Gasteiger partial charge in [-0.1, -0.05) is 42.3 Å². The van der Waals surface area contributed by atoms with Crippen LogP contribution in [0.5, 0.6) is 0 Å². The highest BCUT2D eigenvalue weighted by molar-refractivity contribution is 6.16. The number of hydrogen-bond donors (Lipinski definition) is 0. The average Bonchev–Trinajstić information content (AvgIpc) is 2.53. The fourth-order valence-electron chi connectivity index (χ4n) is 2.01. The Kier molecular flexibility index (Phi) is 3.26. The molecule has 0 radical (unpaired) electrons. The molecule has 0 amide bonds. The van der Waals surface area contributed by atoms with Crippen molar-refractivity contribution in [2.75, 3.05) is 0 Å². The van der Waals surface area contributed by atoms with E-state index in [9.17, 15) is 4.79 Å². The lowest BCUT2D eigenvalue weighted by atomic mass is 10.1. The fourth-order valence-corrected chi connectivity index (χ4v) is 2.01. The van der Waals surface area contributed by atoms with Gasteiger partial charge < -0.3 is 0 Å². The predicted octanol–water partition coefficient (Wildman–Crippen LogP) is 3.47. The molecule has 2 heteroatoms. The molecule has 1 aromatic heterocycles. The van der Waals surface area contributed by atoms with Gasteiger partial charge in [0.2, 0.25) is 5.78 Å². The Morgan fingerprint density at radius 3 is 2.50 bits per heavy atom. The lowest BCUT2D eigenvalue weighted by Gasteiger charge is -2.00. The Hall–Kier alpha value is -2.92. The first-order chi connectivity index (χ1) is 9.84. The first kappa shape index (κ1) is 12.1. The second-order valence-electron chi connectivity index (χ2n) is 4.32. The van der Waals surface area contributed by atoms with Gasteiger partial charge in [0.25, 0.3) is 0 Å². The van der Waals surface area contributed by atoms with Gasteiger partial charge in [0.05, 0.1) is 5.52 Å². The van der Waals surface area contributed by atoms with E-state index >= 15 is 0 Å². The van der Waals surface area contributed by atoms with Crippen LogP contribution in [0.15, 0.2) is 66.9 Å². The smallest absolute Gasteiger partial charge is 0.236 e. The Morgan fingerprint density at radius 1 is 0.900 bits per heavy atom. The summed E-state index contributed by atoms with van der Waals surface area (Å²) in [5.41, 5.74) is 2.23. The van der Waals surface area contributed by atoms with Crippen molar-refractivity contribution in [2.24, 2.45) is 0 Å². The van der Waals surface area contributed by atoms with E-state index in [4.69, 9.17) is 0 Å². The molecule has 2 aromatic carbocycles. The molecule has 0 bridgehead atoms. The van der Waals surface area contributed by atoms with Crippen molar-refractivity contribution < 1.29 is 4.79 Å². The maximum absolute atomic E-state index is 12.2. The van der Waals surface area contributed by atoms with E-state index in [0.717, 1.165) is 16.5 Å². The van der Waals surface area contributed by atoms with Gasteiger partial charge >= 0.3 is 0 Å². The summed E-state index contributed by atoms with van der Waals surface area (Å²) in [6.45, 7) is 0. The zero-order valence-electron chi connectivity index (χ0n) is 10.7. The summed E-state index contributed by atoms with van der Waals surface area (Å²) in [5.74, 6) is 5.39. The van der Waals surface area contributed by atoms with Crippen LogP contribution in [0, 0.1) is 11.8 Å². The largest absolute Gasteiger partial charge is 0.279 e. The van der Waals surface area contributed by atoms with Crippen LogP contribution in [0.25, 0.3) is 10.9 Å². The topological polar surface area (TPSA) is 30.0 Å². The van der Waals surface area contributed by atoms with Crippen LogP contribution in [0.2, 0.25) is 0 Å². The summed E-state index contributed by atoms with van der Waals surface area (Å²) < 4.78 is 0. The summed E-state index contributed by atoms with van der Waals surface area (Å²) in [6.07, 6.45) is 1.64. The van der Waals surface area contributed by atoms with E-state index < -0.39 is 0 Å². The van der Waals surface area contributed by atoms with Gasteiger partial charge in [-0.05, 0) is 30.2 Å². The van der Waals surface area contributed by atoms with E-state index in [1.807, 2.05) is 54.6 Å². The molecule has 1 heterocycles. The van der Waals surface area contributed by atoms with Gasteiger partial charge in [0.15, 0.2) is 0 Å². The van der Waals surface area contributed by atoms with Crippen LogP contribution in [0.3, 0.4) is 0 Å². The maximum atomic E-state index is 12.2. The van der Waals surface area contributed by atoms with Crippen molar-refractivity contribution in [3.8, 4) is 11.8 Å². The first-order valence-electron chi connectivity index (χ1n) is 6.30. The number of benzene rings is 2. The molecule has 20 heavy (non-hydrogen) atoms. The van der Waals surface area contributed by atoms with Crippen LogP contribution in [0.4, 0.5) is 0 Å². The minimum atomic E-state index is -0.188. The number of fused-ring (bicyclic) bond motifs is 1. The number of carbonyl (C=O) groups is 1. The number of nitrogens with zero attached hydrogens (tertiary/aromatic N) is 1. The van der Waals surface area contributed by atoms with Crippen LogP contribution in [-0.2, 0) is 0 Å². The van der Waals surface area contributed by atoms with Gasteiger partial charge in [-0.3, -0.25) is 9.78 Å².